The largest absolute Gasteiger partial charge is 0.493 e. The molecule has 0 aromatic heterocycles. The molecule has 0 aliphatic heterocycles. The molecule has 0 heterocycles. The summed E-state index contributed by atoms with van der Waals surface area (Å²) in [7, 11) is 0. The SMILES string of the molecule is CCOc1ccccc1/C=C/C(=O)Oc1ccc(Cl)cc1. The van der Waals surface area contributed by atoms with Crippen LogP contribution in [0.3, 0.4) is 0 Å². The molecule has 4 heteroatoms. The second kappa shape index (κ2) is 7.50. The fourth-order valence-corrected chi connectivity index (χ4v) is 1.84. The van der Waals surface area contributed by atoms with Gasteiger partial charge in [-0.05, 0) is 43.3 Å². The van der Waals surface area contributed by atoms with Gasteiger partial charge in [0.1, 0.15) is 11.5 Å². The first-order chi connectivity index (χ1) is 10.2. The Morgan fingerprint density at radius 1 is 1.14 bits per heavy atom. The van der Waals surface area contributed by atoms with E-state index in [0.717, 1.165) is 11.3 Å². The van der Waals surface area contributed by atoms with E-state index in [9.17, 15) is 4.79 Å². The third-order valence-electron chi connectivity index (χ3n) is 2.65. The molecular weight excluding hydrogens is 288 g/mol. The van der Waals surface area contributed by atoms with Crippen LogP contribution < -0.4 is 9.47 Å². The summed E-state index contributed by atoms with van der Waals surface area (Å²) in [6.45, 7) is 2.48. The molecule has 0 unspecified atom stereocenters. The zero-order valence-electron chi connectivity index (χ0n) is 11.6. The first kappa shape index (κ1) is 15.1. The zero-order valence-corrected chi connectivity index (χ0v) is 12.3. The number of carbonyl (C=O) groups is 1. The molecule has 21 heavy (non-hydrogen) atoms. The zero-order chi connectivity index (χ0) is 15.1. The van der Waals surface area contributed by atoms with Crippen LogP contribution in [0, 0.1) is 0 Å². The summed E-state index contributed by atoms with van der Waals surface area (Å²) < 4.78 is 10.6. The van der Waals surface area contributed by atoms with Crippen LogP contribution >= 0.6 is 11.6 Å². The van der Waals surface area contributed by atoms with Crippen LogP contribution in [-0.2, 0) is 4.79 Å². The summed E-state index contributed by atoms with van der Waals surface area (Å²) in [5.41, 5.74) is 0.826. The van der Waals surface area contributed by atoms with E-state index in [1.165, 1.54) is 6.08 Å². The molecule has 0 fully saturated rings. The Hall–Kier alpha value is -2.26. The molecule has 0 saturated heterocycles. The summed E-state index contributed by atoms with van der Waals surface area (Å²) in [6.07, 6.45) is 3.04. The Bertz CT molecular complexity index is 633. The summed E-state index contributed by atoms with van der Waals surface area (Å²) in [4.78, 5) is 11.8. The first-order valence-electron chi connectivity index (χ1n) is 6.56. The van der Waals surface area contributed by atoms with Gasteiger partial charge >= 0.3 is 5.97 Å². The van der Waals surface area contributed by atoms with Gasteiger partial charge < -0.3 is 9.47 Å². The van der Waals surface area contributed by atoms with Gasteiger partial charge in [0.05, 0.1) is 6.61 Å². The fourth-order valence-electron chi connectivity index (χ4n) is 1.72. The van der Waals surface area contributed by atoms with Crippen molar-refractivity contribution in [3.05, 3.63) is 65.2 Å². The number of hydrogen-bond acceptors (Lipinski definition) is 3. The van der Waals surface area contributed by atoms with E-state index < -0.39 is 5.97 Å². The van der Waals surface area contributed by atoms with Gasteiger partial charge in [0.25, 0.3) is 0 Å². The lowest BCUT2D eigenvalue weighted by atomic mass is 10.2. The van der Waals surface area contributed by atoms with Crippen LogP contribution in [-0.4, -0.2) is 12.6 Å². The Morgan fingerprint density at radius 2 is 1.86 bits per heavy atom. The molecule has 108 valence electrons. The number of para-hydroxylation sites is 1. The highest BCUT2D eigenvalue weighted by Crippen LogP contribution is 2.20. The molecule has 0 bridgehead atoms. The second-order valence-electron chi connectivity index (χ2n) is 4.18. The minimum atomic E-state index is -0.455. The number of benzene rings is 2. The summed E-state index contributed by atoms with van der Waals surface area (Å²) in [5.74, 6) is 0.728. The normalized spacial score (nSPS) is 10.6. The lowest BCUT2D eigenvalue weighted by Crippen LogP contribution is -2.03. The maximum absolute atomic E-state index is 11.8. The van der Waals surface area contributed by atoms with E-state index in [-0.39, 0.29) is 0 Å². The molecule has 0 atom stereocenters. The van der Waals surface area contributed by atoms with Gasteiger partial charge in [0.2, 0.25) is 0 Å². The van der Waals surface area contributed by atoms with Crippen LogP contribution in [0.15, 0.2) is 54.6 Å². The number of halogens is 1. The Morgan fingerprint density at radius 3 is 2.57 bits per heavy atom. The van der Waals surface area contributed by atoms with Gasteiger partial charge in [-0.3, -0.25) is 0 Å². The maximum Gasteiger partial charge on any atom is 0.336 e. The molecule has 0 amide bonds. The topological polar surface area (TPSA) is 35.5 Å². The molecule has 0 radical (unpaired) electrons. The maximum atomic E-state index is 11.8. The minimum Gasteiger partial charge on any atom is -0.493 e. The third kappa shape index (κ3) is 4.65. The Labute approximate surface area is 128 Å². The highest BCUT2D eigenvalue weighted by molar-refractivity contribution is 6.30. The smallest absolute Gasteiger partial charge is 0.336 e. The van der Waals surface area contributed by atoms with E-state index in [1.54, 1.807) is 30.3 Å². The van der Waals surface area contributed by atoms with Gasteiger partial charge in [-0.1, -0.05) is 29.8 Å². The van der Waals surface area contributed by atoms with Crippen LogP contribution in [0.25, 0.3) is 6.08 Å². The molecule has 0 aliphatic rings. The first-order valence-corrected chi connectivity index (χ1v) is 6.94. The highest BCUT2D eigenvalue weighted by atomic mass is 35.5. The molecule has 0 saturated carbocycles. The van der Waals surface area contributed by atoms with Crippen molar-refractivity contribution in [2.75, 3.05) is 6.61 Å². The van der Waals surface area contributed by atoms with Crippen molar-refractivity contribution >= 4 is 23.6 Å². The molecule has 2 aromatic carbocycles. The Kier molecular flexibility index (Phi) is 5.41. The van der Waals surface area contributed by atoms with Crippen molar-refractivity contribution in [3.8, 4) is 11.5 Å². The van der Waals surface area contributed by atoms with E-state index >= 15 is 0 Å². The summed E-state index contributed by atoms with van der Waals surface area (Å²) in [6, 6.07) is 14.1. The molecule has 0 N–H and O–H groups in total. The second-order valence-corrected chi connectivity index (χ2v) is 4.62. The lowest BCUT2D eigenvalue weighted by Gasteiger charge is -2.06. The van der Waals surface area contributed by atoms with Crippen molar-refractivity contribution in [1.29, 1.82) is 0 Å². The molecule has 2 aromatic rings. The average molecular weight is 303 g/mol. The van der Waals surface area contributed by atoms with E-state index in [2.05, 4.69) is 0 Å². The number of ether oxygens (including phenoxy) is 2. The van der Waals surface area contributed by atoms with Crippen molar-refractivity contribution in [2.45, 2.75) is 6.92 Å². The van der Waals surface area contributed by atoms with E-state index in [0.29, 0.717) is 17.4 Å². The minimum absolute atomic E-state index is 0.451. The molecule has 3 nitrogen and oxygen atoms in total. The number of hydrogen-bond donors (Lipinski definition) is 0. The molecular formula is C17H15ClO3. The van der Waals surface area contributed by atoms with Crippen LogP contribution in [0.2, 0.25) is 5.02 Å². The number of esters is 1. The van der Waals surface area contributed by atoms with Crippen molar-refractivity contribution < 1.29 is 14.3 Å². The summed E-state index contributed by atoms with van der Waals surface area (Å²) in [5, 5.41) is 0.594. The molecule has 0 spiro atoms. The fraction of sp³-hybridized carbons (Fsp3) is 0.118. The van der Waals surface area contributed by atoms with Crippen LogP contribution in [0.5, 0.6) is 11.5 Å². The summed E-state index contributed by atoms with van der Waals surface area (Å²) >= 11 is 5.77. The standard InChI is InChI=1S/C17H15ClO3/c1-2-20-16-6-4-3-5-13(16)7-12-17(19)21-15-10-8-14(18)9-11-15/h3-12H,2H2,1H3/b12-7+. The predicted molar refractivity (Wildman–Crippen MR) is 83.7 cm³/mol. The lowest BCUT2D eigenvalue weighted by molar-refractivity contribution is -0.128. The van der Waals surface area contributed by atoms with Crippen molar-refractivity contribution in [3.63, 3.8) is 0 Å². The van der Waals surface area contributed by atoms with Gasteiger partial charge in [0, 0.05) is 16.7 Å². The number of rotatable bonds is 5. The highest BCUT2D eigenvalue weighted by Gasteiger charge is 2.02. The Balaban J connectivity index is 2.03. The van der Waals surface area contributed by atoms with Crippen molar-refractivity contribution in [1.82, 2.24) is 0 Å². The monoisotopic (exact) mass is 302 g/mol. The quantitative estimate of drug-likeness (QED) is 0.468. The average Bonchev–Trinajstić information content (AvgIpc) is 2.49. The molecule has 0 aliphatic carbocycles. The van der Waals surface area contributed by atoms with E-state index in [4.69, 9.17) is 21.1 Å². The van der Waals surface area contributed by atoms with Gasteiger partial charge in [-0.2, -0.15) is 0 Å². The van der Waals surface area contributed by atoms with Crippen LogP contribution in [0.4, 0.5) is 0 Å². The molecule has 2 rings (SSSR count). The number of carbonyl (C=O) groups excluding carboxylic acids is 1. The van der Waals surface area contributed by atoms with Gasteiger partial charge in [0.15, 0.2) is 0 Å². The predicted octanol–water partition coefficient (Wildman–Crippen LogP) is 4.36. The van der Waals surface area contributed by atoms with Gasteiger partial charge in [-0.15, -0.1) is 0 Å². The van der Waals surface area contributed by atoms with Crippen LogP contribution in [0.1, 0.15) is 12.5 Å². The van der Waals surface area contributed by atoms with E-state index in [1.807, 2.05) is 31.2 Å². The van der Waals surface area contributed by atoms with Crippen molar-refractivity contribution in [2.24, 2.45) is 0 Å². The van der Waals surface area contributed by atoms with Gasteiger partial charge in [-0.25, -0.2) is 4.79 Å². The third-order valence-corrected chi connectivity index (χ3v) is 2.90.